The van der Waals surface area contributed by atoms with Crippen molar-refractivity contribution in [2.75, 3.05) is 20.8 Å². The van der Waals surface area contributed by atoms with Crippen LogP contribution in [-0.2, 0) is 12.8 Å². The highest BCUT2D eigenvalue weighted by molar-refractivity contribution is 5.49. The van der Waals surface area contributed by atoms with Gasteiger partial charge in [-0.2, -0.15) is 8.78 Å². The third-order valence-electron chi connectivity index (χ3n) is 4.70. The van der Waals surface area contributed by atoms with Gasteiger partial charge < -0.3 is 19.5 Å². The SMILES string of the molecule is COc1cc2c(cc1OC)C(CCc1ccccc1OC(F)F)NCC2. The lowest BCUT2D eigenvalue weighted by atomic mass is 9.90. The number of methoxy groups -OCH3 is 2. The Labute approximate surface area is 152 Å². The van der Waals surface area contributed by atoms with Gasteiger partial charge in [0.25, 0.3) is 0 Å². The Morgan fingerprint density at radius 2 is 1.81 bits per heavy atom. The highest BCUT2D eigenvalue weighted by Gasteiger charge is 2.23. The molecule has 0 saturated carbocycles. The van der Waals surface area contributed by atoms with Crippen LogP contribution in [-0.4, -0.2) is 27.4 Å². The second kappa shape index (κ2) is 8.36. The van der Waals surface area contributed by atoms with Crippen LogP contribution < -0.4 is 19.5 Å². The van der Waals surface area contributed by atoms with E-state index >= 15 is 0 Å². The van der Waals surface area contributed by atoms with Gasteiger partial charge in [0.2, 0.25) is 0 Å². The number of alkyl halides is 2. The Kier molecular flexibility index (Phi) is 5.93. The number of nitrogens with one attached hydrogen (secondary N) is 1. The minimum Gasteiger partial charge on any atom is -0.493 e. The maximum absolute atomic E-state index is 12.6. The average Bonchev–Trinajstić information content (AvgIpc) is 2.65. The fourth-order valence-corrected chi connectivity index (χ4v) is 3.45. The summed E-state index contributed by atoms with van der Waals surface area (Å²) in [5.41, 5.74) is 3.17. The molecule has 1 heterocycles. The highest BCUT2D eigenvalue weighted by Crippen LogP contribution is 2.37. The number of hydrogen-bond acceptors (Lipinski definition) is 4. The van der Waals surface area contributed by atoms with Gasteiger partial charge in [-0.1, -0.05) is 18.2 Å². The summed E-state index contributed by atoms with van der Waals surface area (Å²) in [5.74, 6) is 1.66. The first-order chi connectivity index (χ1) is 12.6. The van der Waals surface area contributed by atoms with E-state index < -0.39 is 6.61 Å². The summed E-state index contributed by atoms with van der Waals surface area (Å²) >= 11 is 0. The largest absolute Gasteiger partial charge is 0.493 e. The smallest absolute Gasteiger partial charge is 0.387 e. The Morgan fingerprint density at radius 3 is 2.54 bits per heavy atom. The van der Waals surface area contributed by atoms with Gasteiger partial charge in [-0.25, -0.2) is 0 Å². The van der Waals surface area contributed by atoms with Crippen LogP contribution in [0.3, 0.4) is 0 Å². The number of halogens is 2. The molecule has 1 N–H and O–H groups in total. The van der Waals surface area contributed by atoms with Gasteiger partial charge in [0.15, 0.2) is 11.5 Å². The summed E-state index contributed by atoms with van der Waals surface area (Å²) in [4.78, 5) is 0. The number of ether oxygens (including phenoxy) is 3. The monoisotopic (exact) mass is 363 g/mol. The van der Waals surface area contributed by atoms with E-state index in [-0.39, 0.29) is 11.8 Å². The molecule has 2 aromatic rings. The summed E-state index contributed by atoms with van der Waals surface area (Å²) < 4.78 is 40.6. The molecular weight excluding hydrogens is 340 g/mol. The first-order valence-electron chi connectivity index (χ1n) is 8.63. The van der Waals surface area contributed by atoms with E-state index in [1.165, 1.54) is 11.1 Å². The Bertz CT molecular complexity index is 752. The zero-order valence-electron chi connectivity index (χ0n) is 14.9. The molecule has 0 aliphatic carbocycles. The van der Waals surface area contributed by atoms with Gasteiger partial charge >= 0.3 is 6.61 Å². The molecule has 0 fully saturated rings. The zero-order chi connectivity index (χ0) is 18.5. The molecule has 0 aromatic heterocycles. The summed E-state index contributed by atoms with van der Waals surface area (Å²) in [7, 11) is 3.25. The molecule has 0 saturated heterocycles. The van der Waals surface area contributed by atoms with Crippen LogP contribution in [0.1, 0.15) is 29.2 Å². The lowest BCUT2D eigenvalue weighted by Crippen LogP contribution is -2.30. The summed E-state index contributed by atoms with van der Waals surface area (Å²) in [6.07, 6.45) is 2.32. The van der Waals surface area contributed by atoms with Gasteiger partial charge in [-0.15, -0.1) is 0 Å². The number of hydrogen-bond donors (Lipinski definition) is 1. The van der Waals surface area contributed by atoms with E-state index in [1.54, 1.807) is 26.4 Å². The van der Waals surface area contributed by atoms with Crippen LogP contribution in [0.4, 0.5) is 8.78 Å². The maximum atomic E-state index is 12.6. The van der Waals surface area contributed by atoms with Crippen LogP contribution >= 0.6 is 0 Å². The van der Waals surface area contributed by atoms with Crippen molar-refractivity contribution in [1.82, 2.24) is 5.32 Å². The minimum atomic E-state index is -2.82. The van der Waals surface area contributed by atoms with E-state index in [0.29, 0.717) is 12.2 Å². The first kappa shape index (κ1) is 18.5. The molecule has 140 valence electrons. The van der Waals surface area contributed by atoms with Crippen LogP contribution in [0.5, 0.6) is 17.2 Å². The molecule has 1 aliphatic rings. The molecule has 3 rings (SSSR count). The minimum absolute atomic E-state index is 0.123. The Hall–Kier alpha value is -2.34. The Morgan fingerprint density at radius 1 is 1.08 bits per heavy atom. The van der Waals surface area contributed by atoms with Crippen LogP contribution in [0, 0.1) is 0 Å². The molecule has 2 aromatic carbocycles. The molecule has 1 aliphatic heterocycles. The van der Waals surface area contributed by atoms with Gasteiger partial charge in [-0.05, 0) is 60.7 Å². The summed E-state index contributed by atoms with van der Waals surface area (Å²) in [6, 6.07) is 11.1. The number of rotatable bonds is 7. The van der Waals surface area contributed by atoms with Crippen molar-refractivity contribution in [3.05, 3.63) is 53.1 Å². The summed E-state index contributed by atoms with van der Waals surface area (Å²) in [6.45, 7) is -1.95. The molecule has 0 amide bonds. The summed E-state index contributed by atoms with van der Waals surface area (Å²) in [5, 5.41) is 3.51. The van der Waals surface area contributed by atoms with Gasteiger partial charge in [-0.3, -0.25) is 0 Å². The van der Waals surface area contributed by atoms with Crippen LogP contribution in [0.15, 0.2) is 36.4 Å². The molecular formula is C20H23F2NO3. The van der Waals surface area contributed by atoms with E-state index in [2.05, 4.69) is 10.1 Å². The quantitative estimate of drug-likeness (QED) is 0.803. The predicted octanol–water partition coefficient (Wildman–Crippen LogP) is 4.12. The van der Waals surface area contributed by atoms with Crippen molar-refractivity contribution in [3.8, 4) is 17.2 Å². The third kappa shape index (κ3) is 4.07. The van der Waals surface area contributed by atoms with Crippen molar-refractivity contribution in [1.29, 1.82) is 0 Å². The fraction of sp³-hybridized carbons (Fsp3) is 0.400. The average molecular weight is 363 g/mol. The van der Waals surface area contributed by atoms with Crippen molar-refractivity contribution in [2.24, 2.45) is 0 Å². The van der Waals surface area contributed by atoms with Gasteiger partial charge in [0.05, 0.1) is 14.2 Å². The predicted molar refractivity (Wildman–Crippen MR) is 95.4 cm³/mol. The van der Waals surface area contributed by atoms with Crippen molar-refractivity contribution >= 4 is 0 Å². The molecule has 1 unspecified atom stereocenters. The fourth-order valence-electron chi connectivity index (χ4n) is 3.45. The van der Waals surface area contributed by atoms with Crippen molar-refractivity contribution in [2.45, 2.75) is 31.9 Å². The van der Waals surface area contributed by atoms with Gasteiger partial charge in [0.1, 0.15) is 5.75 Å². The van der Waals surface area contributed by atoms with E-state index in [1.807, 2.05) is 24.3 Å². The second-order valence-electron chi connectivity index (χ2n) is 6.19. The lowest BCUT2D eigenvalue weighted by molar-refractivity contribution is -0.0504. The number of aryl methyl sites for hydroxylation is 1. The molecule has 0 radical (unpaired) electrons. The zero-order valence-corrected chi connectivity index (χ0v) is 14.9. The number of para-hydroxylation sites is 1. The maximum Gasteiger partial charge on any atom is 0.387 e. The standard InChI is InChI=1S/C20H23F2NO3/c1-24-18-11-14-9-10-23-16(15(14)12-19(18)25-2)8-7-13-5-3-4-6-17(13)26-20(21)22/h3-6,11-12,16,20,23H,7-10H2,1-2H3. The van der Waals surface area contributed by atoms with E-state index in [0.717, 1.165) is 30.7 Å². The molecule has 6 heteroatoms. The third-order valence-corrected chi connectivity index (χ3v) is 4.70. The highest BCUT2D eigenvalue weighted by atomic mass is 19.3. The van der Waals surface area contributed by atoms with Gasteiger partial charge in [0, 0.05) is 6.04 Å². The number of benzene rings is 2. The second-order valence-corrected chi connectivity index (χ2v) is 6.19. The Balaban J connectivity index is 1.79. The van der Waals surface area contributed by atoms with Crippen LogP contribution in [0.25, 0.3) is 0 Å². The van der Waals surface area contributed by atoms with E-state index in [9.17, 15) is 8.78 Å². The molecule has 26 heavy (non-hydrogen) atoms. The first-order valence-corrected chi connectivity index (χ1v) is 8.63. The number of fused-ring (bicyclic) bond motifs is 1. The molecule has 0 bridgehead atoms. The molecule has 4 nitrogen and oxygen atoms in total. The normalized spacial score (nSPS) is 16.3. The topological polar surface area (TPSA) is 39.7 Å². The van der Waals surface area contributed by atoms with Crippen LogP contribution in [0.2, 0.25) is 0 Å². The lowest BCUT2D eigenvalue weighted by Gasteiger charge is -2.28. The van der Waals surface area contributed by atoms with E-state index in [4.69, 9.17) is 9.47 Å². The molecule has 1 atom stereocenters. The van der Waals surface area contributed by atoms with Crippen molar-refractivity contribution in [3.63, 3.8) is 0 Å². The molecule has 0 spiro atoms. The van der Waals surface area contributed by atoms with Crippen molar-refractivity contribution < 1.29 is 23.0 Å².